The summed E-state index contributed by atoms with van der Waals surface area (Å²) in [5.41, 5.74) is 0.274. The molecule has 0 aliphatic rings. The maximum atomic E-state index is 12.4. The molecule has 10 heavy (non-hydrogen) atoms. The summed E-state index contributed by atoms with van der Waals surface area (Å²) in [5, 5.41) is 0. The first-order valence-corrected chi connectivity index (χ1v) is 2.97. The first-order valence-electron chi connectivity index (χ1n) is 2.97. The molecular weight excluding hydrogens is 134 g/mol. The molecule has 0 aromatic rings. The van der Waals surface area contributed by atoms with E-state index in [1.54, 1.807) is 13.0 Å². The Hall–Kier alpha value is -0.920. The van der Waals surface area contributed by atoms with E-state index in [0.29, 0.717) is 6.33 Å². The number of hydrogen-bond donors (Lipinski definition) is 0. The Balaban J connectivity index is 4.16. The predicted molar refractivity (Wildman–Crippen MR) is 38.9 cm³/mol. The third-order valence-electron chi connectivity index (χ3n) is 0.864. The number of halogens is 2. The molecule has 0 saturated carbocycles. The van der Waals surface area contributed by atoms with Crippen molar-refractivity contribution in [1.82, 2.24) is 0 Å². The molecule has 0 N–H and O–H groups in total. The van der Waals surface area contributed by atoms with Crippen LogP contribution in [0.15, 0.2) is 36.0 Å². The fourth-order valence-corrected chi connectivity index (χ4v) is 0.456. The minimum Gasteiger partial charge on any atom is -0.215 e. The highest BCUT2D eigenvalue weighted by atomic mass is 19.1. The van der Waals surface area contributed by atoms with Crippen LogP contribution in [0.3, 0.4) is 0 Å². The topological polar surface area (TPSA) is 0 Å². The van der Waals surface area contributed by atoms with E-state index >= 15 is 0 Å². The lowest BCUT2D eigenvalue weighted by molar-refractivity contribution is 0.662. The Morgan fingerprint density at radius 2 is 2.00 bits per heavy atom. The van der Waals surface area contributed by atoms with E-state index in [1.807, 2.05) is 0 Å². The molecule has 0 aromatic heterocycles. The van der Waals surface area contributed by atoms with E-state index < -0.39 is 5.83 Å². The standard InChI is InChI=1S/C8H10F2/c1-3-4-8(10)5-7(2)6-9/h3-6H,1-2H3. The minimum atomic E-state index is -0.436. The molecule has 0 radical (unpaired) electrons. The highest BCUT2D eigenvalue weighted by molar-refractivity contribution is 5.22. The van der Waals surface area contributed by atoms with Gasteiger partial charge in [0.15, 0.2) is 0 Å². The van der Waals surface area contributed by atoms with E-state index in [1.165, 1.54) is 13.0 Å². The Bertz CT molecular complexity index is 176. The molecule has 0 aromatic carbocycles. The Morgan fingerprint density at radius 1 is 1.40 bits per heavy atom. The van der Waals surface area contributed by atoms with Crippen LogP contribution >= 0.6 is 0 Å². The van der Waals surface area contributed by atoms with Gasteiger partial charge in [-0.25, -0.2) is 8.78 Å². The summed E-state index contributed by atoms with van der Waals surface area (Å²) in [6.45, 7) is 3.19. The number of allylic oxidation sites excluding steroid dienone is 5. The average molecular weight is 144 g/mol. The van der Waals surface area contributed by atoms with Crippen LogP contribution in [0.5, 0.6) is 0 Å². The van der Waals surface area contributed by atoms with Gasteiger partial charge in [-0.2, -0.15) is 0 Å². The zero-order valence-electron chi connectivity index (χ0n) is 6.07. The molecule has 0 bridgehead atoms. The monoisotopic (exact) mass is 144 g/mol. The summed E-state index contributed by atoms with van der Waals surface area (Å²) < 4.78 is 24.0. The lowest BCUT2D eigenvalue weighted by Crippen LogP contribution is -1.68. The normalized spacial score (nSPS) is 14.8. The summed E-state index contributed by atoms with van der Waals surface area (Å²) in [5.74, 6) is -0.436. The van der Waals surface area contributed by atoms with Gasteiger partial charge in [0.05, 0.1) is 6.33 Å². The van der Waals surface area contributed by atoms with Crippen LogP contribution < -0.4 is 0 Å². The van der Waals surface area contributed by atoms with Gasteiger partial charge in [0, 0.05) is 0 Å². The van der Waals surface area contributed by atoms with Gasteiger partial charge in [0.2, 0.25) is 0 Å². The van der Waals surface area contributed by atoms with Crippen LogP contribution in [0.1, 0.15) is 13.8 Å². The maximum absolute atomic E-state index is 12.4. The number of rotatable bonds is 2. The molecule has 0 spiro atoms. The third kappa shape index (κ3) is 4.01. The SMILES string of the molecule is CC=CC(F)=CC(C)=CF. The van der Waals surface area contributed by atoms with Gasteiger partial charge < -0.3 is 0 Å². The number of hydrogen-bond acceptors (Lipinski definition) is 0. The second kappa shape index (κ2) is 4.91. The van der Waals surface area contributed by atoms with Crippen LogP contribution in [-0.2, 0) is 0 Å². The van der Waals surface area contributed by atoms with Gasteiger partial charge in [-0.3, -0.25) is 0 Å². The first kappa shape index (κ1) is 9.08. The van der Waals surface area contributed by atoms with Gasteiger partial charge in [0.1, 0.15) is 5.83 Å². The van der Waals surface area contributed by atoms with Crippen molar-refractivity contribution in [3.05, 3.63) is 36.0 Å². The van der Waals surface area contributed by atoms with Crippen molar-refractivity contribution < 1.29 is 8.78 Å². The Morgan fingerprint density at radius 3 is 2.40 bits per heavy atom. The largest absolute Gasteiger partial charge is 0.215 e. The van der Waals surface area contributed by atoms with Crippen LogP contribution in [0, 0.1) is 0 Å². The molecule has 0 heterocycles. The Labute approximate surface area is 59.6 Å². The zero-order chi connectivity index (χ0) is 7.98. The van der Waals surface area contributed by atoms with E-state index in [2.05, 4.69) is 0 Å². The quantitative estimate of drug-likeness (QED) is 0.521. The van der Waals surface area contributed by atoms with Crippen molar-refractivity contribution >= 4 is 0 Å². The van der Waals surface area contributed by atoms with Crippen LogP contribution in [0.4, 0.5) is 8.78 Å². The van der Waals surface area contributed by atoms with Gasteiger partial charge >= 0.3 is 0 Å². The second-order valence-corrected chi connectivity index (χ2v) is 1.88. The first-order chi connectivity index (χ1) is 4.70. The van der Waals surface area contributed by atoms with Gasteiger partial charge in [-0.05, 0) is 31.6 Å². The summed E-state index contributed by atoms with van der Waals surface area (Å²) in [4.78, 5) is 0. The zero-order valence-corrected chi connectivity index (χ0v) is 6.07. The van der Waals surface area contributed by atoms with E-state index in [-0.39, 0.29) is 5.57 Å². The second-order valence-electron chi connectivity index (χ2n) is 1.88. The molecule has 0 aliphatic heterocycles. The van der Waals surface area contributed by atoms with Crippen molar-refractivity contribution in [1.29, 1.82) is 0 Å². The minimum absolute atomic E-state index is 0.274. The van der Waals surface area contributed by atoms with Crippen molar-refractivity contribution in [2.75, 3.05) is 0 Å². The fraction of sp³-hybridized carbons (Fsp3) is 0.250. The highest BCUT2D eigenvalue weighted by Gasteiger charge is 1.86. The van der Waals surface area contributed by atoms with Gasteiger partial charge in [-0.15, -0.1) is 0 Å². The smallest absolute Gasteiger partial charge is 0.123 e. The average Bonchev–Trinajstić information content (AvgIpc) is 1.88. The highest BCUT2D eigenvalue weighted by Crippen LogP contribution is 2.04. The van der Waals surface area contributed by atoms with Crippen LogP contribution in [0.2, 0.25) is 0 Å². The summed E-state index contributed by atoms with van der Waals surface area (Å²) >= 11 is 0. The molecular formula is C8H10F2. The molecule has 0 rings (SSSR count). The van der Waals surface area contributed by atoms with E-state index in [4.69, 9.17) is 0 Å². The van der Waals surface area contributed by atoms with Crippen LogP contribution in [-0.4, -0.2) is 0 Å². The molecule has 0 nitrogen and oxygen atoms in total. The lowest BCUT2D eigenvalue weighted by Gasteiger charge is -1.86. The van der Waals surface area contributed by atoms with Crippen molar-refractivity contribution in [3.8, 4) is 0 Å². The lowest BCUT2D eigenvalue weighted by atomic mass is 10.3. The Kier molecular flexibility index (Phi) is 4.46. The van der Waals surface area contributed by atoms with E-state index in [9.17, 15) is 8.78 Å². The fourth-order valence-electron chi connectivity index (χ4n) is 0.456. The molecule has 0 amide bonds. The molecule has 2 heteroatoms. The predicted octanol–water partition coefficient (Wildman–Crippen LogP) is 3.29. The molecule has 0 saturated heterocycles. The molecule has 0 fully saturated rings. The molecule has 56 valence electrons. The van der Waals surface area contributed by atoms with Gasteiger partial charge in [-0.1, -0.05) is 6.08 Å². The van der Waals surface area contributed by atoms with E-state index in [0.717, 1.165) is 6.08 Å². The summed E-state index contributed by atoms with van der Waals surface area (Å²) in [7, 11) is 0. The van der Waals surface area contributed by atoms with Gasteiger partial charge in [0.25, 0.3) is 0 Å². The van der Waals surface area contributed by atoms with Crippen LogP contribution in [0.25, 0.3) is 0 Å². The summed E-state index contributed by atoms with van der Waals surface area (Å²) in [6, 6.07) is 0. The van der Waals surface area contributed by atoms with Crippen molar-refractivity contribution in [2.45, 2.75) is 13.8 Å². The van der Waals surface area contributed by atoms with Crippen molar-refractivity contribution in [2.24, 2.45) is 0 Å². The summed E-state index contributed by atoms with van der Waals surface area (Å²) in [6.07, 6.45) is 4.31. The molecule has 0 unspecified atom stereocenters. The molecule has 0 aliphatic carbocycles. The third-order valence-corrected chi connectivity index (χ3v) is 0.864. The maximum Gasteiger partial charge on any atom is 0.123 e. The van der Waals surface area contributed by atoms with Crippen molar-refractivity contribution in [3.63, 3.8) is 0 Å². The molecule has 0 atom stereocenters.